The summed E-state index contributed by atoms with van der Waals surface area (Å²) < 4.78 is 0. The lowest BCUT2D eigenvalue weighted by molar-refractivity contribution is 0.152. The topological polar surface area (TPSA) is 20.2 Å². The van der Waals surface area contributed by atoms with Gasteiger partial charge < -0.3 is 5.11 Å². The first kappa shape index (κ1) is 21.7. The second-order valence-electron chi connectivity index (χ2n) is 6.82. The smallest absolute Gasteiger partial charge is 0.0543 e. The highest BCUT2D eigenvalue weighted by atomic mass is 16.3. The Morgan fingerprint density at radius 3 is 1.73 bits per heavy atom. The molecule has 0 radical (unpaired) electrons. The lowest BCUT2D eigenvalue weighted by Gasteiger charge is -2.08. The molecule has 0 rings (SSSR count). The Balaban J connectivity index is 3.22. The third kappa shape index (κ3) is 17.8. The van der Waals surface area contributed by atoms with Crippen molar-refractivity contribution < 1.29 is 5.11 Å². The van der Waals surface area contributed by atoms with Crippen LogP contribution in [-0.4, -0.2) is 11.2 Å². The molecule has 0 spiro atoms. The molecule has 0 heterocycles. The van der Waals surface area contributed by atoms with Crippen LogP contribution in [0.4, 0.5) is 0 Å². The zero-order valence-corrected chi connectivity index (χ0v) is 15.5. The molecular weight excluding hydrogens is 268 g/mol. The standard InChI is InChI=1S/C21H42O/c1-3-5-7-9-11-12-13-14-16-18-20-21(22)19-17-15-10-8-6-4-2/h14,16,21-22H,3-13,15,17-20H2,1-2H3. The van der Waals surface area contributed by atoms with Gasteiger partial charge in [0.25, 0.3) is 0 Å². The van der Waals surface area contributed by atoms with Crippen molar-refractivity contribution in [3.05, 3.63) is 12.2 Å². The van der Waals surface area contributed by atoms with Crippen molar-refractivity contribution in [3.63, 3.8) is 0 Å². The maximum atomic E-state index is 9.94. The van der Waals surface area contributed by atoms with E-state index in [0.29, 0.717) is 0 Å². The van der Waals surface area contributed by atoms with Crippen LogP contribution in [0.25, 0.3) is 0 Å². The number of allylic oxidation sites excluding steroid dienone is 2. The minimum atomic E-state index is -0.0788. The van der Waals surface area contributed by atoms with Gasteiger partial charge >= 0.3 is 0 Å². The SMILES string of the molecule is CCCCCCCCC=CCCC(O)CCCCCCCC. The fourth-order valence-corrected chi connectivity index (χ4v) is 2.87. The van der Waals surface area contributed by atoms with Crippen molar-refractivity contribution in [1.29, 1.82) is 0 Å². The molecule has 0 aromatic heterocycles. The van der Waals surface area contributed by atoms with E-state index in [-0.39, 0.29) is 6.10 Å². The molecule has 0 aliphatic heterocycles. The van der Waals surface area contributed by atoms with E-state index >= 15 is 0 Å². The summed E-state index contributed by atoms with van der Waals surface area (Å²) in [5.74, 6) is 0. The molecule has 1 N–H and O–H groups in total. The number of hydrogen-bond acceptors (Lipinski definition) is 1. The highest BCUT2D eigenvalue weighted by Gasteiger charge is 2.02. The summed E-state index contributed by atoms with van der Waals surface area (Å²) >= 11 is 0. The fourth-order valence-electron chi connectivity index (χ4n) is 2.87. The van der Waals surface area contributed by atoms with Crippen LogP contribution in [0.2, 0.25) is 0 Å². The second-order valence-corrected chi connectivity index (χ2v) is 6.82. The molecule has 0 bridgehead atoms. The molecule has 0 aromatic carbocycles. The maximum Gasteiger partial charge on any atom is 0.0543 e. The van der Waals surface area contributed by atoms with Crippen molar-refractivity contribution in [2.45, 2.75) is 123 Å². The average molecular weight is 311 g/mol. The molecule has 1 nitrogen and oxygen atoms in total. The van der Waals surface area contributed by atoms with E-state index < -0.39 is 0 Å². The minimum Gasteiger partial charge on any atom is -0.393 e. The third-order valence-electron chi connectivity index (χ3n) is 4.45. The number of rotatable bonds is 17. The predicted molar refractivity (Wildman–Crippen MR) is 100 cm³/mol. The van der Waals surface area contributed by atoms with Crippen LogP contribution in [0.1, 0.15) is 117 Å². The van der Waals surface area contributed by atoms with E-state index in [9.17, 15) is 5.11 Å². The normalized spacial score (nSPS) is 13.0. The van der Waals surface area contributed by atoms with Gasteiger partial charge in [-0.2, -0.15) is 0 Å². The van der Waals surface area contributed by atoms with Gasteiger partial charge in [0.1, 0.15) is 0 Å². The lowest BCUT2D eigenvalue weighted by atomic mass is 10.0. The van der Waals surface area contributed by atoms with Crippen LogP contribution < -0.4 is 0 Å². The minimum absolute atomic E-state index is 0.0788. The second kappa shape index (κ2) is 18.7. The highest BCUT2D eigenvalue weighted by molar-refractivity contribution is 4.82. The molecule has 0 aliphatic rings. The first-order valence-electron chi connectivity index (χ1n) is 10.1. The summed E-state index contributed by atoms with van der Waals surface area (Å²) in [4.78, 5) is 0. The van der Waals surface area contributed by atoms with Gasteiger partial charge in [0.2, 0.25) is 0 Å². The van der Waals surface area contributed by atoms with E-state index in [1.165, 1.54) is 83.5 Å². The van der Waals surface area contributed by atoms with Crippen molar-refractivity contribution in [2.75, 3.05) is 0 Å². The third-order valence-corrected chi connectivity index (χ3v) is 4.45. The van der Waals surface area contributed by atoms with Crippen molar-refractivity contribution in [2.24, 2.45) is 0 Å². The molecule has 1 unspecified atom stereocenters. The molecule has 22 heavy (non-hydrogen) atoms. The molecular formula is C21H42O. The molecule has 0 aliphatic carbocycles. The molecule has 0 amide bonds. The van der Waals surface area contributed by atoms with Gasteiger partial charge in [-0.05, 0) is 32.1 Å². The highest BCUT2D eigenvalue weighted by Crippen LogP contribution is 2.12. The fraction of sp³-hybridized carbons (Fsp3) is 0.905. The van der Waals surface area contributed by atoms with E-state index in [1.807, 2.05) is 0 Å². The summed E-state index contributed by atoms with van der Waals surface area (Å²) in [6, 6.07) is 0. The monoisotopic (exact) mass is 310 g/mol. The van der Waals surface area contributed by atoms with E-state index in [4.69, 9.17) is 0 Å². The predicted octanol–water partition coefficient (Wildman–Crippen LogP) is 7.18. The van der Waals surface area contributed by atoms with Crippen LogP contribution >= 0.6 is 0 Å². The Kier molecular flexibility index (Phi) is 18.5. The van der Waals surface area contributed by atoms with E-state index in [2.05, 4.69) is 26.0 Å². The van der Waals surface area contributed by atoms with Crippen LogP contribution in [0, 0.1) is 0 Å². The van der Waals surface area contributed by atoms with E-state index in [0.717, 1.165) is 19.3 Å². The van der Waals surface area contributed by atoms with Crippen molar-refractivity contribution in [3.8, 4) is 0 Å². The largest absolute Gasteiger partial charge is 0.393 e. The van der Waals surface area contributed by atoms with Gasteiger partial charge in [0.15, 0.2) is 0 Å². The van der Waals surface area contributed by atoms with Gasteiger partial charge in [-0.1, -0.05) is 96.6 Å². The Bertz CT molecular complexity index is 222. The molecule has 1 atom stereocenters. The Morgan fingerprint density at radius 2 is 1.09 bits per heavy atom. The summed E-state index contributed by atoms with van der Waals surface area (Å²) in [5, 5.41) is 9.94. The molecule has 1 heteroatoms. The Hall–Kier alpha value is -0.300. The number of aliphatic hydroxyl groups is 1. The van der Waals surface area contributed by atoms with Crippen LogP contribution in [-0.2, 0) is 0 Å². The molecule has 0 saturated heterocycles. The average Bonchev–Trinajstić information content (AvgIpc) is 2.52. The van der Waals surface area contributed by atoms with E-state index in [1.54, 1.807) is 0 Å². The molecule has 0 fully saturated rings. The molecule has 0 aromatic rings. The maximum absolute atomic E-state index is 9.94. The van der Waals surface area contributed by atoms with Crippen LogP contribution in [0.15, 0.2) is 12.2 Å². The van der Waals surface area contributed by atoms with Gasteiger partial charge in [-0.25, -0.2) is 0 Å². The summed E-state index contributed by atoms with van der Waals surface area (Å²) in [5.41, 5.74) is 0. The summed E-state index contributed by atoms with van der Waals surface area (Å²) in [6.45, 7) is 4.52. The Morgan fingerprint density at radius 1 is 0.591 bits per heavy atom. The first-order chi connectivity index (χ1) is 10.8. The van der Waals surface area contributed by atoms with Crippen molar-refractivity contribution >= 4 is 0 Å². The zero-order valence-electron chi connectivity index (χ0n) is 15.5. The number of hydrogen-bond donors (Lipinski definition) is 1. The molecule has 0 saturated carbocycles. The zero-order chi connectivity index (χ0) is 16.3. The summed E-state index contributed by atoms with van der Waals surface area (Å²) in [7, 11) is 0. The quantitative estimate of drug-likeness (QED) is 0.223. The van der Waals surface area contributed by atoms with Crippen LogP contribution in [0.5, 0.6) is 0 Å². The Labute approximate surface area is 140 Å². The first-order valence-corrected chi connectivity index (χ1v) is 10.1. The van der Waals surface area contributed by atoms with Gasteiger partial charge in [0, 0.05) is 0 Å². The number of unbranched alkanes of at least 4 members (excludes halogenated alkanes) is 11. The van der Waals surface area contributed by atoms with Gasteiger partial charge in [-0.3, -0.25) is 0 Å². The lowest BCUT2D eigenvalue weighted by Crippen LogP contribution is -2.05. The van der Waals surface area contributed by atoms with Crippen molar-refractivity contribution in [1.82, 2.24) is 0 Å². The van der Waals surface area contributed by atoms with Gasteiger partial charge in [-0.15, -0.1) is 0 Å². The van der Waals surface area contributed by atoms with Crippen LogP contribution in [0.3, 0.4) is 0 Å². The number of aliphatic hydroxyl groups excluding tert-OH is 1. The molecule has 132 valence electrons. The van der Waals surface area contributed by atoms with Gasteiger partial charge in [0.05, 0.1) is 6.10 Å². The summed E-state index contributed by atoms with van der Waals surface area (Å²) in [6.07, 6.45) is 24.9.